The number of nitrogens with one attached hydrogen (secondary N) is 1. The molecule has 2 amide bonds. The van der Waals surface area contributed by atoms with Gasteiger partial charge in [0, 0.05) is 0 Å². The standard InChI is InChI=1S/C16H20N2O5/c1-10(2)7-11(16(21)22)17-14(19)8-18-12-5-3-4-6-13(12)23-9-15(18)20/h3-6,10-11H,7-9H2,1-2H3,(H,17,19)(H,21,22)/t11-/m0/s1. The van der Waals surface area contributed by atoms with Crippen LogP contribution in [0.3, 0.4) is 0 Å². The summed E-state index contributed by atoms with van der Waals surface area (Å²) in [6.45, 7) is 3.38. The number of ether oxygens (including phenoxy) is 1. The highest BCUT2D eigenvalue weighted by Crippen LogP contribution is 2.31. The van der Waals surface area contributed by atoms with E-state index in [4.69, 9.17) is 4.74 Å². The van der Waals surface area contributed by atoms with Crippen molar-refractivity contribution < 1.29 is 24.2 Å². The number of carbonyl (C=O) groups excluding carboxylic acids is 2. The maximum atomic E-state index is 12.2. The summed E-state index contributed by atoms with van der Waals surface area (Å²) in [7, 11) is 0. The van der Waals surface area contributed by atoms with Crippen molar-refractivity contribution >= 4 is 23.5 Å². The largest absolute Gasteiger partial charge is 0.482 e. The molecule has 1 aliphatic rings. The summed E-state index contributed by atoms with van der Waals surface area (Å²) in [5.74, 6) is -1.28. The van der Waals surface area contributed by atoms with Gasteiger partial charge in [-0.25, -0.2) is 4.79 Å². The van der Waals surface area contributed by atoms with Gasteiger partial charge in [0.25, 0.3) is 5.91 Å². The van der Waals surface area contributed by atoms with Crippen LogP contribution in [0.4, 0.5) is 5.69 Å². The molecule has 0 fully saturated rings. The Kier molecular flexibility index (Phi) is 5.20. The number of para-hydroxylation sites is 2. The van der Waals surface area contributed by atoms with Gasteiger partial charge in [-0.3, -0.25) is 14.5 Å². The van der Waals surface area contributed by atoms with E-state index in [0.29, 0.717) is 17.9 Å². The number of hydrogen-bond donors (Lipinski definition) is 2. The van der Waals surface area contributed by atoms with Crippen LogP contribution < -0.4 is 15.0 Å². The predicted molar refractivity (Wildman–Crippen MR) is 83.3 cm³/mol. The SMILES string of the molecule is CC(C)C[C@H](NC(=O)CN1C(=O)COc2ccccc21)C(=O)O. The summed E-state index contributed by atoms with van der Waals surface area (Å²) in [4.78, 5) is 36.7. The van der Waals surface area contributed by atoms with Crippen molar-refractivity contribution in [1.82, 2.24) is 5.32 Å². The Labute approximate surface area is 134 Å². The molecule has 124 valence electrons. The first-order chi connectivity index (χ1) is 10.9. The molecule has 0 bridgehead atoms. The van der Waals surface area contributed by atoms with E-state index < -0.39 is 17.9 Å². The molecule has 0 aromatic heterocycles. The van der Waals surface area contributed by atoms with Gasteiger partial charge in [0.1, 0.15) is 18.3 Å². The zero-order chi connectivity index (χ0) is 17.0. The van der Waals surface area contributed by atoms with Gasteiger partial charge in [-0.05, 0) is 24.5 Å². The average molecular weight is 320 g/mol. The fraction of sp³-hybridized carbons (Fsp3) is 0.438. The lowest BCUT2D eigenvalue weighted by atomic mass is 10.0. The molecular formula is C16H20N2O5. The van der Waals surface area contributed by atoms with Crippen LogP contribution in [0, 0.1) is 5.92 Å². The van der Waals surface area contributed by atoms with Gasteiger partial charge < -0.3 is 15.2 Å². The zero-order valence-corrected chi connectivity index (χ0v) is 13.1. The summed E-state index contributed by atoms with van der Waals surface area (Å²) in [6, 6.07) is 5.95. The summed E-state index contributed by atoms with van der Waals surface area (Å²) < 4.78 is 5.30. The molecule has 7 heteroatoms. The molecule has 23 heavy (non-hydrogen) atoms. The highest BCUT2D eigenvalue weighted by atomic mass is 16.5. The Morgan fingerprint density at radius 2 is 2.04 bits per heavy atom. The van der Waals surface area contributed by atoms with Crippen LogP contribution in [0.25, 0.3) is 0 Å². The highest BCUT2D eigenvalue weighted by molar-refractivity contribution is 6.02. The number of anilines is 1. The Morgan fingerprint density at radius 3 is 2.70 bits per heavy atom. The van der Waals surface area contributed by atoms with Crippen molar-refractivity contribution in [3.63, 3.8) is 0 Å². The topological polar surface area (TPSA) is 95.9 Å². The predicted octanol–water partition coefficient (Wildman–Crippen LogP) is 1.03. The van der Waals surface area contributed by atoms with Crippen LogP contribution in [0.5, 0.6) is 5.75 Å². The van der Waals surface area contributed by atoms with E-state index in [2.05, 4.69) is 5.32 Å². The first-order valence-electron chi connectivity index (χ1n) is 7.43. The maximum Gasteiger partial charge on any atom is 0.326 e. The van der Waals surface area contributed by atoms with Gasteiger partial charge >= 0.3 is 5.97 Å². The number of amides is 2. The molecule has 1 heterocycles. The maximum absolute atomic E-state index is 12.2. The third-order valence-electron chi connectivity index (χ3n) is 3.45. The molecule has 0 unspecified atom stereocenters. The Morgan fingerprint density at radius 1 is 1.35 bits per heavy atom. The Hall–Kier alpha value is -2.57. The number of carboxylic acids is 1. The van der Waals surface area contributed by atoms with Crippen LogP contribution in [-0.2, 0) is 14.4 Å². The summed E-state index contributed by atoms with van der Waals surface area (Å²) in [5, 5.41) is 11.6. The van der Waals surface area contributed by atoms with Crippen LogP contribution >= 0.6 is 0 Å². The highest BCUT2D eigenvalue weighted by Gasteiger charge is 2.28. The lowest BCUT2D eigenvalue weighted by Gasteiger charge is -2.29. The molecule has 1 aliphatic heterocycles. The third kappa shape index (κ3) is 4.21. The van der Waals surface area contributed by atoms with E-state index in [0.717, 1.165) is 0 Å². The van der Waals surface area contributed by atoms with Gasteiger partial charge in [0.2, 0.25) is 5.91 Å². The van der Waals surface area contributed by atoms with Crippen LogP contribution in [-0.4, -0.2) is 42.1 Å². The minimum absolute atomic E-state index is 0.127. The van der Waals surface area contributed by atoms with E-state index in [1.54, 1.807) is 24.3 Å². The van der Waals surface area contributed by atoms with Crippen molar-refractivity contribution in [3.05, 3.63) is 24.3 Å². The van der Waals surface area contributed by atoms with E-state index in [-0.39, 0.29) is 25.0 Å². The van der Waals surface area contributed by atoms with E-state index in [1.807, 2.05) is 13.8 Å². The second-order valence-corrected chi connectivity index (χ2v) is 5.82. The van der Waals surface area contributed by atoms with E-state index in [1.165, 1.54) is 4.90 Å². The number of fused-ring (bicyclic) bond motifs is 1. The van der Waals surface area contributed by atoms with Gasteiger partial charge in [0.05, 0.1) is 5.69 Å². The van der Waals surface area contributed by atoms with Crippen LogP contribution in [0.15, 0.2) is 24.3 Å². The van der Waals surface area contributed by atoms with Crippen molar-refractivity contribution in [1.29, 1.82) is 0 Å². The average Bonchev–Trinajstić information content (AvgIpc) is 2.49. The molecule has 7 nitrogen and oxygen atoms in total. The summed E-state index contributed by atoms with van der Waals surface area (Å²) in [5.41, 5.74) is 0.509. The number of aliphatic carboxylic acids is 1. The normalized spacial score (nSPS) is 14.9. The Balaban J connectivity index is 2.07. The lowest BCUT2D eigenvalue weighted by molar-refractivity contribution is -0.142. The molecule has 0 saturated carbocycles. The first kappa shape index (κ1) is 16.8. The molecule has 0 spiro atoms. The fourth-order valence-electron chi connectivity index (χ4n) is 2.40. The van der Waals surface area contributed by atoms with Gasteiger partial charge in [-0.15, -0.1) is 0 Å². The van der Waals surface area contributed by atoms with Gasteiger partial charge in [-0.1, -0.05) is 26.0 Å². The number of carbonyl (C=O) groups is 3. The minimum Gasteiger partial charge on any atom is -0.482 e. The number of hydrogen-bond acceptors (Lipinski definition) is 4. The van der Waals surface area contributed by atoms with Crippen molar-refractivity contribution in [3.8, 4) is 5.75 Å². The molecule has 1 aromatic rings. The van der Waals surface area contributed by atoms with Gasteiger partial charge in [0.15, 0.2) is 6.61 Å². The van der Waals surface area contributed by atoms with Crippen LogP contribution in [0.1, 0.15) is 20.3 Å². The quantitative estimate of drug-likeness (QED) is 0.816. The monoisotopic (exact) mass is 320 g/mol. The zero-order valence-electron chi connectivity index (χ0n) is 13.1. The van der Waals surface area contributed by atoms with Crippen molar-refractivity contribution in [2.24, 2.45) is 5.92 Å². The van der Waals surface area contributed by atoms with Gasteiger partial charge in [-0.2, -0.15) is 0 Å². The molecular weight excluding hydrogens is 300 g/mol. The third-order valence-corrected chi connectivity index (χ3v) is 3.45. The van der Waals surface area contributed by atoms with E-state index >= 15 is 0 Å². The van der Waals surface area contributed by atoms with Crippen molar-refractivity contribution in [2.45, 2.75) is 26.3 Å². The molecule has 0 saturated heterocycles. The fourth-order valence-corrected chi connectivity index (χ4v) is 2.40. The molecule has 1 aromatic carbocycles. The second kappa shape index (κ2) is 7.13. The summed E-state index contributed by atoms with van der Waals surface area (Å²) in [6.07, 6.45) is 0.328. The number of nitrogens with zero attached hydrogens (tertiary/aromatic N) is 1. The van der Waals surface area contributed by atoms with Crippen LogP contribution in [0.2, 0.25) is 0 Å². The molecule has 1 atom stereocenters. The lowest BCUT2D eigenvalue weighted by Crippen LogP contribution is -2.49. The number of benzene rings is 1. The second-order valence-electron chi connectivity index (χ2n) is 5.82. The minimum atomic E-state index is -1.08. The summed E-state index contributed by atoms with van der Waals surface area (Å²) >= 11 is 0. The molecule has 2 N–H and O–H groups in total. The Bertz CT molecular complexity index is 614. The van der Waals surface area contributed by atoms with E-state index in [9.17, 15) is 19.5 Å². The first-order valence-corrected chi connectivity index (χ1v) is 7.43. The molecule has 0 aliphatic carbocycles. The molecule has 2 rings (SSSR count). The molecule has 0 radical (unpaired) electrons. The smallest absolute Gasteiger partial charge is 0.326 e. The number of carboxylic acid groups (broad SMARTS) is 1. The van der Waals surface area contributed by atoms with Crippen molar-refractivity contribution in [2.75, 3.05) is 18.1 Å². The number of rotatable bonds is 6.